The second-order valence-electron chi connectivity index (χ2n) is 3.64. The number of rotatable bonds is 2. The summed E-state index contributed by atoms with van der Waals surface area (Å²) in [5, 5.41) is 0.449. The smallest absolute Gasteiger partial charge is 0.149 e. The zero-order chi connectivity index (χ0) is 11.5. The van der Waals surface area contributed by atoms with Gasteiger partial charge in [0.25, 0.3) is 0 Å². The van der Waals surface area contributed by atoms with E-state index < -0.39 is 11.6 Å². The van der Waals surface area contributed by atoms with Crippen LogP contribution in [-0.2, 0) is 10.1 Å². The van der Waals surface area contributed by atoms with Gasteiger partial charge in [-0.25, -0.2) is 8.78 Å². The minimum absolute atomic E-state index is 0.0630. The van der Waals surface area contributed by atoms with E-state index in [0.717, 1.165) is 0 Å². The number of benzene rings is 1. The molecule has 0 atom stereocenters. The number of ether oxygens (including phenoxy) is 1. The van der Waals surface area contributed by atoms with Gasteiger partial charge in [0, 0.05) is 18.4 Å². The van der Waals surface area contributed by atoms with Gasteiger partial charge in [-0.05, 0) is 17.7 Å². The van der Waals surface area contributed by atoms with Gasteiger partial charge >= 0.3 is 0 Å². The fourth-order valence-electron chi connectivity index (χ4n) is 1.78. The third kappa shape index (κ3) is 2.35. The van der Waals surface area contributed by atoms with E-state index in [9.17, 15) is 8.78 Å². The molecular weight excluding hydrogens is 280 g/mol. The van der Waals surface area contributed by atoms with Crippen molar-refractivity contribution in [3.05, 3.63) is 29.3 Å². The van der Waals surface area contributed by atoms with Crippen LogP contribution in [0.3, 0.4) is 0 Å². The SMILES string of the molecule is Fc1cc(CBr)cc(F)c1N1CCOCC1. The molecule has 2 nitrogen and oxygen atoms in total. The van der Waals surface area contributed by atoms with Gasteiger partial charge in [0.1, 0.15) is 17.3 Å². The Bertz CT molecular complexity index is 357. The first-order valence-corrected chi connectivity index (χ1v) is 6.21. The van der Waals surface area contributed by atoms with Crippen LogP contribution in [0.4, 0.5) is 14.5 Å². The van der Waals surface area contributed by atoms with E-state index in [4.69, 9.17) is 4.74 Å². The quantitative estimate of drug-likeness (QED) is 0.777. The molecule has 0 spiro atoms. The Kier molecular flexibility index (Phi) is 3.76. The van der Waals surface area contributed by atoms with Crippen molar-refractivity contribution in [2.24, 2.45) is 0 Å². The van der Waals surface area contributed by atoms with Gasteiger partial charge in [0.15, 0.2) is 0 Å². The first kappa shape index (κ1) is 11.8. The molecule has 0 saturated carbocycles. The van der Waals surface area contributed by atoms with Gasteiger partial charge in [-0.15, -0.1) is 0 Å². The van der Waals surface area contributed by atoms with E-state index in [2.05, 4.69) is 15.9 Å². The van der Waals surface area contributed by atoms with E-state index in [1.54, 1.807) is 4.90 Å². The molecule has 1 aliphatic heterocycles. The van der Waals surface area contributed by atoms with Crippen LogP contribution in [0.25, 0.3) is 0 Å². The molecule has 0 aromatic heterocycles. The molecule has 0 amide bonds. The van der Waals surface area contributed by atoms with Crippen LogP contribution in [0.1, 0.15) is 5.56 Å². The summed E-state index contributed by atoms with van der Waals surface area (Å²) in [6.07, 6.45) is 0. The monoisotopic (exact) mass is 291 g/mol. The zero-order valence-corrected chi connectivity index (χ0v) is 10.3. The van der Waals surface area contributed by atoms with Crippen molar-refractivity contribution in [3.8, 4) is 0 Å². The summed E-state index contributed by atoms with van der Waals surface area (Å²) < 4.78 is 32.6. The highest BCUT2D eigenvalue weighted by atomic mass is 79.9. The van der Waals surface area contributed by atoms with Crippen LogP contribution in [-0.4, -0.2) is 26.3 Å². The lowest BCUT2D eigenvalue weighted by Crippen LogP contribution is -2.37. The minimum Gasteiger partial charge on any atom is -0.378 e. The Morgan fingerprint density at radius 1 is 1.19 bits per heavy atom. The van der Waals surface area contributed by atoms with E-state index >= 15 is 0 Å². The van der Waals surface area contributed by atoms with Gasteiger partial charge in [-0.2, -0.15) is 0 Å². The van der Waals surface area contributed by atoms with Gasteiger partial charge in [-0.1, -0.05) is 15.9 Å². The Labute approximate surface area is 101 Å². The lowest BCUT2D eigenvalue weighted by molar-refractivity contribution is 0.122. The first-order chi connectivity index (χ1) is 7.72. The van der Waals surface area contributed by atoms with Crippen LogP contribution in [0.15, 0.2) is 12.1 Å². The first-order valence-electron chi connectivity index (χ1n) is 5.09. The summed E-state index contributed by atoms with van der Waals surface area (Å²) in [5.74, 6) is -1.01. The van der Waals surface area contributed by atoms with Crippen molar-refractivity contribution in [3.63, 3.8) is 0 Å². The molecule has 0 unspecified atom stereocenters. The molecule has 0 N–H and O–H groups in total. The predicted octanol–water partition coefficient (Wildman–Crippen LogP) is 2.70. The summed E-state index contributed by atoms with van der Waals surface area (Å²) in [6, 6.07) is 2.73. The van der Waals surface area contributed by atoms with Crippen LogP contribution in [0.2, 0.25) is 0 Å². The summed E-state index contributed by atoms with van der Waals surface area (Å²) >= 11 is 3.18. The molecule has 1 aromatic carbocycles. The van der Waals surface area contributed by atoms with E-state index in [0.29, 0.717) is 37.2 Å². The van der Waals surface area contributed by atoms with Gasteiger partial charge in [-0.3, -0.25) is 0 Å². The third-order valence-corrected chi connectivity index (χ3v) is 3.21. The number of hydrogen-bond acceptors (Lipinski definition) is 2. The van der Waals surface area contributed by atoms with E-state index in [-0.39, 0.29) is 5.69 Å². The molecule has 1 aromatic rings. The Balaban J connectivity index is 2.32. The number of anilines is 1. The standard InChI is InChI=1S/C11H12BrF2NO/c12-7-8-5-9(13)11(10(14)6-8)15-1-3-16-4-2-15/h5-6H,1-4,7H2. The maximum Gasteiger partial charge on any atom is 0.149 e. The molecule has 0 aliphatic carbocycles. The summed E-state index contributed by atoms with van der Waals surface area (Å²) in [6.45, 7) is 2.08. The molecule has 5 heteroatoms. The highest BCUT2D eigenvalue weighted by Crippen LogP contribution is 2.26. The van der Waals surface area contributed by atoms with Gasteiger partial charge < -0.3 is 9.64 Å². The fourth-order valence-corrected chi connectivity index (χ4v) is 2.11. The van der Waals surface area contributed by atoms with Crippen molar-refractivity contribution >= 4 is 21.6 Å². The van der Waals surface area contributed by atoms with E-state index in [1.807, 2.05) is 0 Å². The number of alkyl halides is 1. The topological polar surface area (TPSA) is 12.5 Å². The average molecular weight is 292 g/mol. The second kappa shape index (κ2) is 5.10. The maximum absolute atomic E-state index is 13.7. The van der Waals surface area contributed by atoms with Crippen LogP contribution in [0.5, 0.6) is 0 Å². The molecule has 1 saturated heterocycles. The Morgan fingerprint density at radius 2 is 1.75 bits per heavy atom. The number of hydrogen-bond donors (Lipinski definition) is 0. The predicted molar refractivity (Wildman–Crippen MR) is 62.0 cm³/mol. The van der Waals surface area contributed by atoms with Crippen LogP contribution in [0, 0.1) is 11.6 Å². The maximum atomic E-state index is 13.7. The molecule has 1 aliphatic rings. The normalized spacial score (nSPS) is 16.6. The Morgan fingerprint density at radius 3 is 2.25 bits per heavy atom. The van der Waals surface area contributed by atoms with Crippen molar-refractivity contribution in [2.45, 2.75) is 5.33 Å². The summed E-state index contributed by atoms with van der Waals surface area (Å²) in [7, 11) is 0. The van der Waals surface area contributed by atoms with Crippen LogP contribution < -0.4 is 4.90 Å². The van der Waals surface area contributed by atoms with Crippen molar-refractivity contribution in [1.29, 1.82) is 0 Å². The van der Waals surface area contributed by atoms with Crippen molar-refractivity contribution in [1.82, 2.24) is 0 Å². The van der Waals surface area contributed by atoms with Crippen LogP contribution >= 0.6 is 15.9 Å². The van der Waals surface area contributed by atoms with Gasteiger partial charge in [0.05, 0.1) is 13.2 Å². The summed E-state index contributed by atoms with van der Waals surface area (Å²) in [5.41, 5.74) is 0.667. The van der Waals surface area contributed by atoms with Crippen molar-refractivity contribution in [2.75, 3.05) is 31.2 Å². The second-order valence-corrected chi connectivity index (χ2v) is 4.20. The highest BCUT2D eigenvalue weighted by molar-refractivity contribution is 9.08. The fraction of sp³-hybridized carbons (Fsp3) is 0.455. The van der Waals surface area contributed by atoms with E-state index in [1.165, 1.54) is 12.1 Å². The zero-order valence-electron chi connectivity index (χ0n) is 8.68. The minimum atomic E-state index is -0.503. The molecule has 1 heterocycles. The molecule has 16 heavy (non-hydrogen) atoms. The van der Waals surface area contributed by atoms with Gasteiger partial charge in [0.2, 0.25) is 0 Å². The molecule has 0 radical (unpaired) electrons. The molecular formula is C11H12BrF2NO. The summed E-state index contributed by atoms with van der Waals surface area (Å²) in [4.78, 5) is 1.69. The Hall–Kier alpha value is -0.680. The molecule has 0 bridgehead atoms. The molecule has 88 valence electrons. The number of nitrogens with zero attached hydrogens (tertiary/aromatic N) is 1. The molecule has 2 rings (SSSR count). The lowest BCUT2D eigenvalue weighted by Gasteiger charge is -2.29. The lowest BCUT2D eigenvalue weighted by atomic mass is 10.2. The van der Waals surface area contributed by atoms with Crippen molar-refractivity contribution < 1.29 is 13.5 Å². The largest absolute Gasteiger partial charge is 0.378 e. The number of morpholine rings is 1. The third-order valence-electron chi connectivity index (χ3n) is 2.56. The molecule has 1 fully saturated rings. The number of halogens is 3. The average Bonchev–Trinajstić information content (AvgIpc) is 2.29. The highest BCUT2D eigenvalue weighted by Gasteiger charge is 2.19.